The number of ether oxygens (including phenoxy) is 1. The van der Waals surface area contributed by atoms with Crippen LogP contribution in [-0.4, -0.2) is 57.8 Å². The summed E-state index contributed by atoms with van der Waals surface area (Å²) in [6.45, 7) is 3.48. The number of anilines is 2. The number of imidazole rings is 1. The number of fused-ring (bicyclic) bond motifs is 1. The third kappa shape index (κ3) is 2.66. The Labute approximate surface area is 146 Å². The second-order valence-corrected chi connectivity index (χ2v) is 6.42. The van der Waals surface area contributed by atoms with E-state index in [4.69, 9.17) is 9.72 Å². The normalized spacial score (nSPS) is 21.5. The Balaban J connectivity index is 1.82. The lowest BCUT2D eigenvalue weighted by Crippen LogP contribution is -2.57. The smallest absolute Gasteiger partial charge is 0.249 e. The standard InChI is InChI=1S/C17H22N6O2/c1-3-13-16(24)21(2)14-10-19-17(22-7-6-18-11-22)20-15(14)23(13)12-4-8-25-9-5-12/h6-7,10-13H,3-5,8-9H2,1-2H3. The molecule has 0 N–H and O–H groups in total. The summed E-state index contributed by atoms with van der Waals surface area (Å²) in [5.74, 6) is 1.48. The van der Waals surface area contributed by atoms with E-state index in [1.165, 1.54) is 0 Å². The molecular weight excluding hydrogens is 320 g/mol. The van der Waals surface area contributed by atoms with Gasteiger partial charge in [-0.3, -0.25) is 9.36 Å². The zero-order valence-corrected chi connectivity index (χ0v) is 14.5. The molecule has 1 unspecified atom stereocenters. The van der Waals surface area contributed by atoms with Gasteiger partial charge in [-0.25, -0.2) is 9.97 Å². The highest BCUT2D eigenvalue weighted by atomic mass is 16.5. The van der Waals surface area contributed by atoms with E-state index in [1.54, 1.807) is 35.2 Å². The summed E-state index contributed by atoms with van der Waals surface area (Å²) in [6.07, 6.45) is 9.46. The monoisotopic (exact) mass is 342 g/mol. The average molecular weight is 342 g/mol. The van der Waals surface area contributed by atoms with Gasteiger partial charge in [0.25, 0.3) is 0 Å². The fourth-order valence-electron chi connectivity index (χ4n) is 3.66. The van der Waals surface area contributed by atoms with Gasteiger partial charge in [0.1, 0.15) is 18.1 Å². The highest BCUT2D eigenvalue weighted by Crippen LogP contribution is 2.37. The summed E-state index contributed by atoms with van der Waals surface area (Å²) >= 11 is 0. The van der Waals surface area contributed by atoms with Gasteiger partial charge in [-0.05, 0) is 19.3 Å². The van der Waals surface area contributed by atoms with Crippen molar-refractivity contribution in [3.63, 3.8) is 0 Å². The third-order valence-electron chi connectivity index (χ3n) is 5.00. The van der Waals surface area contributed by atoms with Crippen LogP contribution in [-0.2, 0) is 9.53 Å². The van der Waals surface area contributed by atoms with Gasteiger partial charge in [-0.2, -0.15) is 4.98 Å². The van der Waals surface area contributed by atoms with Crippen LogP contribution in [0.1, 0.15) is 26.2 Å². The predicted molar refractivity (Wildman–Crippen MR) is 93.0 cm³/mol. The van der Waals surface area contributed by atoms with E-state index in [-0.39, 0.29) is 18.0 Å². The van der Waals surface area contributed by atoms with Crippen LogP contribution >= 0.6 is 0 Å². The van der Waals surface area contributed by atoms with Crippen LogP contribution in [0.25, 0.3) is 5.95 Å². The molecule has 2 aliphatic heterocycles. The molecule has 1 atom stereocenters. The molecule has 2 aromatic rings. The first-order valence-corrected chi connectivity index (χ1v) is 8.69. The first-order valence-electron chi connectivity index (χ1n) is 8.69. The van der Waals surface area contributed by atoms with Crippen LogP contribution in [0, 0.1) is 0 Å². The number of likely N-dealkylation sites (N-methyl/N-ethyl adjacent to an activating group) is 1. The Morgan fingerprint density at radius 3 is 2.80 bits per heavy atom. The molecule has 0 spiro atoms. The first kappa shape index (κ1) is 16.0. The van der Waals surface area contributed by atoms with Crippen molar-refractivity contribution in [1.29, 1.82) is 0 Å². The Bertz CT molecular complexity index is 757. The van der Waals surface area contributed by atoms with Crippen LogP contribution in [0.3, 0.4) is 0 Å². The van der Waals surface area contributed by atoms with Gasteiger partial charge >= 0.3 is 0 Å². The second kappa shape index (κ2) is 6.44. The lowest BCUT2D eigenvalue weighted by Gasteiger charge is -2.45. The van der Waals surface area contributed by atoms with Gasteiger partial charge in [-0.15, -0.1) is 0 Å². The van der Waals surface area contributed by atoms with Crippen molar-refractivity contribution >= 4 is 17.4 Å². The molecule has 4 heterocycles. The summed E-state index contributed by atoms with van der Waals surface area (Å²) in [4.78, 5) is 30.0. The van der Waals surface area contributed by atoms with Crippen LogP contribution in [0.15, 0.2) is 24.9 Å². The molecule has 1 fully saturated rings. The predicted octanol–water partition coefficient (Wildman–Crippen LogP) is 1.40. The van der Waals surface area contributed by atoms with Gasteiger partial charge in [-0.1, -0.05) is 6.92 Å². The Kier molecular flexibility index (Phi) is 4.12. The van der Waals surface area contributed by atoms with Crippen molar-refractivity contribution in [3.05, 3.63) is 24.9 Å². The molecule has 1 amide bonds. The van der Waals surface area contributed by atoms with E-state index in [1.807, 2.05) is 13.1 Å². The van der Waals surface area contributed by atoms with E-state index in [2.05, 4.69) is 14.9 Å². The van der Waals surface area contributed by atoms with E-state index in [0.717, 1.165) is 44.0 Å². The molecule has 8 nitrogen and oxygen atoms in total. The first-order chi connectivity index (χ1) is 12.2. The molecule has 25 heavy (non-hydrogen) atoms. The van der Waals surface area contributed by atoms with E-state index in [0.29, 0.717) is 5.95 Å². The number of hydrogen-bond donors (Lipinski definition) is 0. The lowest BCUT2D eigenvalue weighted by molar-refractivity contribution is -0.120. The molecule has 4 rings (SSSR count). The number of amides is 1. The molecule has 0 saturated carbocycles. The minimum absolute atomic E-state index is 0.0977. The number of carbonyl (C=O) groups excluding carboxylic acids is 1. The van der Waals surface area contributed by atoms with Gasteiger partial charge in [0, 0.05) is 38.7 Å². The molecule has 1 saturated heterocycles. The molecule has 2 aromatic heterocycles. The van der Waals surface area contributed by atoms with E-state index >= 15 is 0 Å². The quantitative estimate of drug-likeness (QED) is 0.839. The van der Waals surface area contributed by atoms with Crippen LogP contribution in [0.2, 0.25) is 0 Å². The van der Waals surface area contributed by atoms with Crippen molar-refractivity contribution in [1.82, 2.24) is 19.5 Å². The number of nitrogens with zero attached hydrogens (tertiary/aromatic N) is 6. The summed E-state index contributed by atoms with van der Waals surface area (Å²) in [6, 6.07) is 0.0479. The van der Waals surface area contributed by atoms with Gasteiger partial charge < -0.3 is 14.5 Å². The zero-order chi connectivity index (χ0) is 17.4. The molecular formula is C17H22N6O2. The number of hydrogen-bond acceptors (Lipinski definition) is 6. The third-order valence-corrected chi connectivity index (χ3v) is 5.00. The highest BCUT2D eigenvalue weighted by Gasteiger charge is 2.40. The minimum atomic E-state index is -0.203. The van der Waals surface area contributed by atoms with Gasteiger partial charge in [0.15, 0.2) is 5.82 Å². The highest BCUT2D eigenvalue weighted by molar-refractivity contribution is 6.04. The number of carbonyl (C=O) groups is 1. The molecule has 0 bridgehead atoms. The lowest BCUT2D eigenvalue weighted by atomic mass is 9.99. The van der Waals surface area contributed by atoms with Crippen LogP contribution < -0.4 is 9.80 Å². The average Bonchev–Trinajstić information content (AvgIpc) is 3.19. The summed E-state index contributed by atoms with van der Waals surface area (Å²) < 4.78 is 7.29. The van der Waals surface area contributed by atoms with E-state index in [9.17, 15) is 4.79 Å². The molecule has 0 radical (unpaired) electrons. The van der Waals surface area contributed by atoms with Crippen molar-refractivity contribution in [3.8, 4) is 5.95 Å². The number of rotatable bonds is 3. The fraction of sp³-hybridized carbons (Fsp3) is 0.529. The summed E-state index contributed by atoms with van der Waals surface area (Å²) in [7, 11) is 1.80. The Morgan fingerprint density at radius 1 is 1.32 bits per heavy atom. The maximum absolute atomic E-state index is 12.9. The van der Waals surface area contributed by atoms with Gasteiger partial charge in [0.2, 0.25) is 11.9 Å². The van der Waals surface area contributed by atoms with Crippen LogP contribution in [0.5, 0.6) is 0 Å². The largest absolute Gasteiger partial charge is 0.381 e. The maximum atomic E-state index is 12.9. The zero-order valence-electron chi connectivity index (χ0n) is 14.5. The Morgan fingerprint density at radius 2 is 2.12 bits per heavy atom. The van der Waals surface area contributed by atoms with Crippen molar-refractivity contribution in [2.75, 3.05) is 30.1 Å². The van der Waals surface area contributed by atoms with E-state index < -0.39 is 0 Å². The maximum Gasteiger partial charge on any atom is 0.249 e. The Hall–Kier alpha value is -2.48. The van der Waals surface area contributed by atoms with Crippen molar-refractivity contribution < 1.29 is 9.53 Å². The molecule has 0 aromatic carbocycles. The fourth-order valence-corrected chi connectivity index (χ4v) is 3.66. The summed E-state index contributed by atoms with van der Waals surface area (Å²) in [5.41, 5.74) is 0.755. The van der Waals surface area contributed by atoms with Crippen molar-refractivity contribution in [2.24, 2.45) is 0 Å². The molecule has 0 aliphatic carbocycles. The molecule has 2 aliphatic rings. The molecule has 132 valence electrons. The molecule has 8 heteroatoms. The minimum Gasteiger partial charge on any atom is -0.381 e. The van der Waals surface area contributed by atoms with Gasteiger partial charge in [0.05, 0.1) is 6.20 Å². The number of aromatic nitrogens is 4. The summed E-state index contributed by atoms with van der Waals surface area (Å²) in [5, 5.41) is 0. The van der Waals surface area contributed by atoms with Crippen LogP contribution in [0.4, 0.5) is 11.5 Å². The topological polar surface area (TPSA) is 76.4 Å². The van der Waals surface area contributed by atoms with Crippen molar-refractivity contribution in [2.45, 2.75) is 38.3 Å². The second-order valence-electron chi connectivity index (χ2n) is 6.42. The SMILES string of the molecule is CCC1C(=O)N(C)c2cnc(-n3ccnc3)nc2N1C1CCOCC1.